The van der Waals surface area contributed by atoms with Crippen molar-refractivity contribution in [3.05, 3.63) is 6.61 Å². The summed E-state index contributed by atoms with van der Waals surface area (Å²) in [6.07, 6.45) is 3.42. The molecule has 0 aromatic rings. The van der Waals surface area contributed by atoms with Crippen molar-refractivity contribution in [1.82, 2.24) is 0 Å². The first-order valence-corrected chi connectivity index (χ1v) is 4.02. The summed E-state index contributed by atoms with van der Waals surface area (Å²) < 4.78 is 9.51. The van der Waals surface area contributed by atoms with E-state index in [4.69, 9.17) is 4.74 Å². The minimum Gasteiger partial charge on any atom is -0.431 e. The number of carbonyl (C=O) groups excluding carboxylic acids is 1. The molecule has 1 radical (unpaired) electrons. The van der Waals surface area contributed by atoms with E-state index in [2.05, 4.69) is 4.74 Å². The van der Waals surface area contributed by atoms with Gasteiger partial charge in [0.1, 0.15) is 12.7 Å². The van der Waals surface area contributed by atoms with Gasteiger partial charge < -0.3 is 9.47 Å². The molecule has 0 saturated heterocycles. The van der Waals surface area contributed by atoms with Crippen molar-refractivity contribution < 1.29 is 14.3 Å². The van der Waals surface area contributed by atoms with E-state index in [9.17, 15) is 4.79 Å². The van der Waals surface area contributed by atoms with Crippen LogP contribution in [-0.2, 0) is 9.47 Å². The molecule has 0 unspecified atom stereocenters. The summed E-state index contributed by atoms with van der Waals surface area (Å²) in [6, 6.07) is 0. The molecule has 1 aliphatic carbocycles. The molecule has 1 aliphatic rings. The first kappa shape index (κ1) is 8.37. The van der Waals surface area contributed by atoms with Gasteiger partial charge in [0, 0.05) is 0 Å². The summed E-state index contributed by atoms with van der Waals surface area (Å²) in [5, 5.41) is 0. The highest BCUT2D eigenvalue weighted by atomic mass is 16.7. The normalized spacial score (nSPS) is 17.2. The van der Waals surface area contributed by atoms with Crippen molar-refractivity contribution in [3.63, 3.8) is 0 Å². The average Bonchev–Trinajstić information content (AvgIpc) is 1.93. The summed E-state index contributed by atoms with van der Waals surface area (Å²) in [6.45, 7) is 3.34. The highest BCUT2D eigenvalue weighted by Crippen LogP contribution is 2.22. The third-order valence-corrected chi connectivity index (χ3v) is 1.66. The topological polar surface area (TPSA) is 35.5 Å². The Labute approximate surface area is 66.7 Å². The van der Waals surface area contributed by atoms with Gasteiger partial charge in [-0.25, -0.2) is 4.79 Å². The lowest BCUT2D eigenvalue weighted by Gasteiger charge is -2.24. The lowest BCUT2D eigenvalue weighted by Crippen LogP contribution is -2.25. The Kier molecular flexibility index (Phi) is 3.20. The maximum Gasteiger partial charge on any atom is 0.508 e. The van der Waals surface area contributed by atoms with E-state index >= 15 is 0 Å². The van der Waals surface area contributed by atoms with Gasteiger partial charge >= 0.3 is 6.16 Å². The Balaban J connectivity index is 2.00. The summed E-state index contributed by atoms with van der Waals surface area (Å²) >= 11 is 0. The monoisotopic (exact) mass is 157 g/mol. The predicted molar refractivity (Wildman–Crippen MR) is 39.8 cm³/mol. The predicted octanol–water partition coefficient (Wildman–Crippen LogP) is 2.26. The maximum atomic E-state index is 10.7. The van der Waals surface area contributed by atoms with Gasteiger partial charge in [0.25, 0.3) is 0 Å². The van der Waals surface area contributed by atoms with Crippen molar-refractivity contribution in [2.45, 2.75) is 38.7 Å². The van der Waals surface area contributed by atoms with Crippen LogP contribution in [0.1, 0.15) is 32.6 Å². The van der Waals surface area contributed by atoms with E-state index < -0.39 is 6.16 Å². The van der Waals surface area contributed by atoms with Gasteiger partial charge in [-0.2, -0.15) is 0 Å². The zero-order valence-electron chi connectivity index (χ0n) is 6.71. The van der Waals surface area contributed by atoms with E-state index in [0.29, 0.717) is 0 Å². The van der Waals surface area contributed by atoms with Crippen LogP contribution in [0.25, 0.3) is 0 Å². The second kappa shape index (κ2) is 4.21. The maximum absolute atomic E-state index is 10.7. The summed E-state index contributed by atoms with van der Waals surface area (Å²) in [7, 11) is 0. The largest absolute Gasteiger partial charge is 0.508 e. The van der Waals surface area contributed by atoms with Crippen molar-refractivity contribution in [2.24, 2.45) is 0 Å². The molecule has 1 rings (SSSR count). The quantitative estimate of drug-likeness (QED) is 0.589. The Morgan fingerprint density at radius 3 is 2.82 bits per heavy atom. The lowest BCUT2D eigenvalue weighted by molar-refractivity contribution is 0.00668. The molecule has 3 heteroatoms. The second-order valence-corrected chi connectivity index (χ2v) is 2.61. The molecule has 1 saturated carbocycles. The number of hydrogen-bond acceptors (Lipinski definition) is 3. The van der Waals surface area contributed by atoms with Crippen molar-refractivity contribution in [3.8, 4) is 0 Å². The van der Waals surface area contributed by atoms with Gasteiger partial charge in [0.15, 0.2) is 0 Å². The summed E-state index contributed by atoms with van der Waals surface area (Å²) in [5.41, 5.74) is 0. The molecule has 0 aromatic carbocycles. The van der Waals surface area contributed by atoms with Gasteiger partial charge in [-0.15, -0.1) is 0 Å². The third kappa shape index (κ3) is 2.78. The van der Waals surface area contributed by atoms with Gasteiger partial charge in [-0.05, 0) is 25.7 Å². The van der Waals surface area contributed by atoms with Crippen LogP contribution in [0.4, 0.5) is 4.79 Å². The molecule has 11 heavy (non-hydrogen) atoms. The number of hydrogen-bond donors (Lipinski definition) is 0. The van der Waals surface area contributed by atoms with Gasteiger partial charge in [-0.1, -0.05) is 6.92 Å². The van der Waals surface area contributed by atoms with Crippen LogP contribution in [-0.4, -0.2) is 12.3 Å². The van der Waals surface area contributed by atoms with Crippen molar-refractivity contribution in [2.75, 3.05) is 0 Å². The molecule has 0 N–H and O–H groups in total. The summed E-state index contributed by atoms with van der Waals surface area (Å²) in [5.74, 6) is 0. The number of ether oxygens (including phenoxy) is 2. The Morgan fingerprint density at radius 1 is 1.64 bits per heavy atom. The van der Waals surface area contributed by atoms with E-state index in [-0.39, 0.29) is 6.10 Å². The van der Waals surface area contributed by atoms with Crippen LogP contribution in [0.2, 0.25) is 0 Å². The van der Waals surface area contributed by atoms with Crippen LogP contribution in [0.5, 0.6) is 0 Å². The SMILES string of the molecule is CC[CH]OC(=O)OC1CCC1. The molecule has 0 aliphatic heterocycles. The van der Waals surface area contributed by atoms with Crippen LogP contribution in [0.15, 0.2) is 0 Å². The molecule has 0 amide bonds. The molecule has 1 fully saturated rings. The molecular formula is C8H13O3. The number of carbonyl (C=O) groups is 1. The molecule has 0 bridgehead atoms. The fourth-order valence-electron chi connectivity index (χ4n) is 0.804. The number of rotatable bonds is 3. The Bertz CT molecular complexity index is 129. The fourth-order valence-corrected chi connectivity index (χ4v) is 0.804. The van der Waals surface area contributed by atoms with E-state index in [0.717, 1.165) is 25.7 Å². The first-order valence-electron chi connectivity index (χ1n) is 4.02. The Hall–Kier alpha value is -0.730. The summed E-state index contributed by atoms with van der Waals surface area (Å²) in [4.78, 5) is 10.7. The van der Waals surface area contributed by atoms with Gasteiger partial charge in [0.2, 0.25) is 0 Å². The third-order valence-electron chi connectivity index (χ3n) is 1.66. The van der Waals surface area contributed by atoms with Crippen LogP contribution in [0, 0.1) is 6.61 Å². The zero-order valence-corrected chi connectivity index (χ0v) is 6.71. The zero-order chi connectivity index (χ0) is 8.10. The molecule has 63 valence electrons. The highest BCUT2D eigenvalue weighted by molar-refractivity contribution is 5.60. The molecule has 0 aromatic heterocycles. The van der Waals surface area contributed by atoms with Crippen molar-refractivity contribution in [1.29, 1.82) is 0 Å². The van der Waals surface area contributed by atoms with E-state index in [1.165, 1.54) is 6.61 Å². The van der Waals surface area contributed by atoms with Gasteiger partial charge in [-0.3, -0.25) is 0 Å². The standard InChI is InChI=1S/C8H13O3/c1-2-6-10-8(9)11-7-4-3-5-7/h6-7H,2-5H2,1H3. The smallest absolute Gasteiger partial charge is 0.431 e. The molecule has 3 nitrogen and oxygen atoms in total. The molecule has 0 atom stereocenters. The van der Waals surface area contributed by atoms with E-state index in [1.807, 2.05) is 6.92 Å². The fraction of sp³-hybridized carbons (Fsp3) is 0.750. The minimum atomic E-state index is -0.559. The highest BCUT2D eigenvalue weighted by Gasteiger charge is 2.22. The van der Waals surface area contributed by atoms with Crippen molar-refractivity contribution >= 4 is 6.16 Å². The van der Waals surface area contributed by atoms with Crippen LogP contribution >= 0.6 is 0 Å². The first-order chi connectivity index (χ1) is 5.33. The molecule has 0 spiro atoms. The second-order valence-electron chi connectivity index (χ2n) is 2.61. The minimum absolute atomic E-state index is 0.118. The molecule has 0 heterocycles. The lowest BCUT2D eigenvalue weighted by atomic mass is 9.96. The van der Waals surface area contributed by atoms with Crippen LogP contribution < -0.4 is 0 Å². The Morgan fingerprint density at radius 2 is 2.36 bits per heavy atom. The van der Waals surface area contributed by atoms with Crippen LogP contribution in [0.3, 0.4) is 0 Å². The average molecular weight is 157 g/mol. The van der Waals surface area contributed by atoms with Gasteiger partial charge in [0.05, 0.1) is 0 Å². The molecular weight excluding hydrogens is 144 g/mol. The van der Waals surface area contributed by atoms with E-state index in [1.54, 1.807) is 0 Å².